The van der Waals surface area contributed by atoms with Gasteiger partial charge in [0.15, 0.2) is 0 Å². The Morgan fingerprint density at radius 1 is 1.29 bits per heavy atom. The summed E-state index contributed by atoms with van der Waals surface area (Å²) in [5.41, 5.74) is 4.32. The molecule has 0 unspecified atom stereocenters. The van der Waals surface area contributed by atoms with E-state index in [1.807, 2.05) is 33.0 Å². The number of hydrogen-bond donors (Lipinski definition) is 0. The van der Waals surface area contributed by atoms with E-state index >= 15 is 0 Å². The second-order valence-corrected chi connectivity index (χ2v) is 7.27. The van der Waals surface area contributed by atoms with Gasteiger partial charge < -0.3 is 9.64 Å². The first-order chi connectivity index (χ1) is 11.3. The van der Waals surface area contributed by atoms with E-state index in [0.29, 0.717) is 13.1 Å². The van der Waals surface area contributed by atoms with Gasteiger partial charge in [0, 0.05) is 24.7 Å². The average molecular weight is 324 g/mol. The van der Waals surface area contributed by atoms with Gasteiger partial charge in [-0.05, 0) is 69.0 Å². The van der Waals surface area contributed by atoms with Crippen molar-refractivity contribution in [3.8, 4) is 0 Å². The van der Waals surface area contributed by atoms with Gasteiger partial charge in [-0.3, -0.25) is 4.98 Å². The van der Waals surface area contributed by atoms with Crippen LogP contribution in [0.15, 0.2) is 36.5 Å². The van der Waals surface area contributed by atoms with Crippen molar-refractivity contribution >= 4 is 22.6 Å². The Balaban J connectivity index is 1.80. The average Bonchev–Trinajstić information content (AvgIpc) is 2.53. The third-order valence-electron chi connectivity index (χ3n) is 4.16. The van der Waals surface area contributed by atoms with Crippen molar-refractivity contribution in [3.63, 3.8) is 0 Å². The zero-order valence-electron chi connectivity index (χ0n) is 14.8. The minimum Gasteiger partial charge on any atom is -0.444 e. The van der Waals surface area contributed by atoms with Crippen molar-refractivity contribution in [1.29, 1.82) is 0 Å². The highest BCUT2D eigenvalue weighted by molar-refractivity contribution is 5.85. The Bertz CT molecular complexity index is 803. The van der Waals surface area contributed by atoms with Crippen LogP contribution < -0.4 is 0 Å². The van der Waals surface area contributed by atoms with Crippen LogP contribution >= 0.6 is 0 Å². The predicted octanol–water partition coefficient (Wildman–Crippen LogP) is 4.57. The van der Waals surface area contributed by atoms with Crippen molar-refractivity contribution in [3.05, 3.63) is 47.7 Å². The van der Waals surface area contributed by atoms with E-state index in [4.69, 9.17) is 4.74 Å². The van der Waals surface area contributed by atoms with Crippen molar-refractivity contribution in [2.24, 2.45) is 0 Å². The molecule has 0 saturated carbocycles. The zero-order valence-corrected chi connectivity index (χ0v) is 14.8. The minimum absolute atomic E-state index is 0.239. The Kier molecular flexibility index (Phi) is 4.31. The van der Waals surface area contributed by atoms with Gasteiger partial charge in [-0.15, -0.1) is 0 Å². The Morgan fingerprint density at radius 2 is 2.08 bits per heavy atom. The van der Waals surface area contributed by atoms with Crippen LogP contribution in [0, 0.1) is 6.92 Å². The highest BCUT2D eigenvalue weighted by Gasteiger charge is 2.24. The molecule has 4 heteroatoms. The number of carbonyl (C=O) groups excluding carboxylic acids is 1. The maximum absolute atomic E-state index is 12.2. The number of rotatable bonds is 1. The molecule has 126 valence electrons. The topological polar surface area (TPSA) is 42.4 Å². The van der Waals surface area contributed by atoms with Gasteiger partial charge in [-0.1, -0.05) is 12.1 Å². The third kappa shape index (κ3) is 3.58. The minimum atomic E-state index is -0.455. The van der Waals surface area contributed by atoms with Gasteiger partial charge in [-0.2, -0.15) is 0 Å². The fraction of sp³-hybridized carbons (Fsp3) is 0.400. The lowest BCUT2D eigenvalue weighted by molar-refractivity contribution is 0.0270. The molecule has 1 aromatic carbocycles. The molecule has 0 bridgehead atoms. The largest absolute Gasteiger partial charge is 0.444 e. The molecule has 4 nitrogen and oxygen atoms in total. The standard InChI is InChI=1S/C20H24N2O2/c1-14-12-18-16(6-5-9-21-18)13-17(14)15-7-10-22(11-8-15)19(23)24-20(2,3)4/h5-7,9,12-13H,8,10-11H2,1-4H3. The predicted molar refractivity (Wildman–Crippen MR) is 96.9 cm³/mol. The Hall–Kier alpha value is -2.36. The molecule has 0 aliphatic carbocycles. The third-order valence-corrected chi connectivity index (χ3v) is 4.16. The highest BCUT2D eigenvalue weighted by Crippen LogP contribution is 2.28. The maximum Gasteiger partial charge on any atom is 0.410 e. The fourth-order valence-electron chi connectivity index (χ4n) is 2.98. The molecule has 0 fully saturated rings. The van der Waals surface area contributed by atoms with Crippen LogP contribution in [0.3, 0.4) is 0 Å². The highest BCUT2D eigenvalue weighted by atomic mass is 16.6. The molecule has 1 aromatic heterocycles. The summed E-state index contributed by atoms with van der Waals surface area (Å²) in [5.74, 6) is 0. The van der Waals surface area contributed by atoms with Crippen LogP contribution in [0.2, 0.25) is 0 Å². The lowest BCUT2D eigenvalue weighted by atomic mass is 9.94. The van der Waals surface area contributed by atoms with Crippen LogP contribution in [0.5, 0.6) is 0 Å². The summed E-state index contributed by atoms with van der Waals surface area (Å²) in [7, 11) is 0. The SMILES string of the molecule is Cc1cc2ncccc2cc1C1=CCN(C(=O)OC(C)(C)C)CC1. The number of hydrogen-bond acceptors (Lipinski definition) is 3. The second kappa shape index (κ2) is 6.27. The molecule has 0 saturated heterocycles. The summed E-state index contributed by atoms with van der Waals surface area (Å²) in [6.45, 7) is 9.07. The number of carbonyl (C=O) groups is 1. The monoisotopic (exact) mass is 324 g/mol. The summed E-state index contributed by atoms with van der Waals surface area (Å²) in [4.78, 5) is 18.3. The van der Waals surface area contributed by atoms with E-state index in [2.05, 4.69) is 36.2 Å². The van der Waals surface area contributed by atoms with Gasteiger partial charge in [0.25, 0.3) is 0 Å². The number of aromatic nitrogens is 1. The number of aryl methyl sites for hydroxylation is 1. The summed E-state index contributed by atoms with van der Waals surface area (Å²) in [5, 5.41) is 1.15. The first-order valence-electron chi connectivity index (χ1n) is 8.36. The molecule has 3 rings (SSSR count). The van der Waals surface area contributed by atoms with E-state index in [9.17, 15) is 4.79 Å². The van der Waals surface area contributed by atoms with Crippen molar-refractivity contribution in [2.45, 2.75) is 39.7 Å². The van der Waals surface area contributed by atoms with E-state index in [1.54, 1.807) is 4.90 Å². The fourth-order valence-corrected chi connectivity index (χ4v) is 2.98. The molecule has 0 N–H and O–H groups in total. The van der Waals surface area contributed by atoms with Crippen LogP contribution in [0.25, 0.3) is 16.5 Å². The van der Waals surface area contributed by atoms with Gasteiger partial charge in [-0.25, -0.2) is 4.79 Å². The van der Waals surface area contributed by atoms with Crippen LogP contribution in [-0.2, 0) is 4.74 Å². The van der Waals surface area contributed by atoms with Crippen molar-refractivity contribution in [1.82, 2.24) is 9.88 Å². The molecule has 1 amide bonds. The van der Waals surface area contributed by atoms with E-state index in [-0.39, 0.29) is 6.09 Å². The molecule has 24 heavy (non-hydrogen) atoms. The van der Waals surface area contributed by atoms with Crippen LogP contribution in [0.1, 0.15) is 38.3 Å². The van der Waals surface area contributed by atoms with Crippen LogP contribution in [-0.4, -0.2) is 34.7 Å². The van der Waals surface area contributed by atoms with E-state index in [1.165, 1.54) is 16.7 Å². The van der Waals surface area contributed by atoms with E-state index < -0.39 is 5.60 Å². The number of ether oxygens (including phenoxy) is 1. The second-order valence-electron chi connectivity index (χ2n) is 7.27. The first-order valence-corrected chi connectivity index (χ1v) is 8.36. The molecule has 2 aromatic rings. The molecule has 1 aliphatic rings. The molecular formula is C20H24N2O2. The molecule has 0 atom stereocenters. The Labute approximate surface area is 143 Å². The normalized spacial score (nSPS) is 15.3. The number of amides is 1. The van der Waals surface area contributed by atoms with E-state index in [0.717, 1.165) is 17.3 Å². The first kappa shape index (κ1) is 16.5. The summed E-state index contributed by atoms with van der Waals surface area (Å²) >= 11 is 0. The smallest absolute Gasteiger partial charge is 0.410 e. The van der Waals surface area contributed by atoms with Gasteiger partial charge in [0.05, 0.1) is 5.52 Å². The number of pyridine rings is 1. The molecular weight excluding hydrogens is 300 g/mol. The lowest BCUT2D eigenvalue weighted by Crippen LogP contribution is -2.39. The quantitative estimate of drug-likeness (QED) is 0.772. The van der Waals surface area contributed by atoms with Crippen LogP contribution in [0.4, 0.5) is 4.79 Å². The van der Waals surface area contributed by atoms with Gasteiger partial charge in [0.1, 0.15) is 5.60 Å². The lowest BCUT2D eigenvalue weighted by Gasteiger charge is -2.30. The number of benzene rings is 1. The molecule has 1 aliphatic heterocycles. The van der Waals surface area contributed by atoms with Crippen molar-refractivity contribution in [2.75, 3.05) is 13.1 Å². The zero-order chi connectivity index (χ0) is 17.3. The summed E-state index contributed by atoms with van der Waals surface area (Å²) in [6, 6.07) is 8.38. The Morgan fingerprint density at radius 3 is 2.75 bits per heavy atom. The van der Waals surface area contributed by atoms with Crippen molar-refractivity contribution < 1.29 is 9.53 Å². The molecule has 0 spiro atoms. The van der Waals surface area contributed by atoms with Gasteiger partial charge in [0.2, 0.25) is 0 Å². The summed E-state index contributed by atoms with van der Waals surface area (Å²) < 4.78 is 5.45. The molecule has 2 heterocycles. The summed E-state index contributed by atoms with van der Waals surface area (Å²) in [6.07, 6.45) is 4.56. The number of fused-ring (bicyclic) bond motifs is 1. The number of nitrogens with zero attached hydrogens (tertiary/aromatic N) is 2. The van der Waals surface area contributed by atoms with Gasteiger partial charge >= 0.3 is 6.09 Å². The maximum atomic E-state index is 12.2. The molecule has 0 radical (unpaired) electrons.